The molecular weight excluding hydrogens is 317 g/mol. The van der Waals surface area contributed by atoms with Gasteiger partial charge in [-0.1, -0.05) is 30.3 Å². The van der Waals surface area contributed by atoms with Gasteiger partial charge in [-0.15, -0.1) is 11.3 Å². The van der Waals surface area contributed by atoms with E-state index in [9.17, 15) is 9.79 Å². The molecule has 1 aliphatic rings. The summed E-state index contributed by atoms with van der Waals surface area (Å²) in [6, 6.07) is 10.2. The molecule has 3 rings (SSSR count). The van der Waals surface area contributed by atoms with E-state index in [4.69, 9.17) is 9.51 Å². The van der Waals surface area contributed by atoms with Crippen molar-refractivity contribution in [3.8, 4) is 10.6 Å². The summed E-state index contributed by atoms with van der Waals surface area (Å²) in [5, 5.41) is 1.03. The summed E-state index contributed by atoms with van der Waals surface area (Å²) >= 11 is 1.74. The molecule has 6 heteroatoms. The van der Waals surface area contributed by atoms with Crippen molar-refractivity contribution in [3.63, 3.8) is 0 Å². The largest absolute Gasteiger partial charge is 0.328 e. The number of thiazole rings is 1. The number of aromatic nitrogens is 1. The van der Waals surface area contributed by atoms with Crippen molar-refractivity contribution in [1.29, 1.82) is 0 Å². The van der Waals surface area contributed by atoms with Crippen LogP contribution < -0.4 is 0 Å². The number of hydrogen-bond acceptors (Lipinski definition) is 5. The third-order valence-corrected chi connectivity index (χ3v) is 5.94. The average molecular weight is 337 g/mol. The summed E-state index contributed by atoms with van der Waals surface area (Å²) in [6.07, 6.45) is 3.08. The van der Waals surface area contributed by atoms with Gasteiger partial charge in [0.15, 0.2) is 0 Å². The van der Waals surface area contributed by atoms with Crippen molar-refractivity contribution in [2.24, 2.45) is 0 Å². The van der Waals surface area contributed by atoms with E-state index in [1.165, 1.54) is 4.88 Å². The number of aryl methyl sites for hydroxylation is 1. The molecular formula is C16H20NO3PS. The topological polar surface area (TPSA) is 62.6 Å². The Labute approximate surface area is 135 Å². The summed E-state index contributed by atoms with van der Waals surface area (Å²) in [5.41, 5.74) is 1.56. The molecule has 1 aliphatic carbocycles. The highest BCUT2D eigenvalue weighted by Crippen LogP contribution is 2.47. The fourth-order valence-electron chi connectivity index (χ4n) is 3.07. The Bertz CT molecular complexity index is 642. The molecule has 0 radical (unpaired) electrons. The van der Waals surface area contributed by atoms with Gasteiger partial charge >= 0.3 is 8.60 Å². The normalized spacial score (nSPS) is 18.5. The fourth-order valence-corrected chi connectivity index (χ4v) is 4.79. The zero-order valence-electron chi connectivity index (χ0n) is 12.7. The predicted molar refractivity (Wildman–Crippen MR) is 89.8 cm³/mol. The Morgan fingerprint density at radius 2 is 2.00 bits per heavy atom. The van der Waals surface area contributed by atoms with Gasteiger partial charge in [-0.3, -0.25) is 0 Å². The Morgan fingerprint density at radius 3 is 2.68 bits per heavy atom. The van der Waals surface area contributed by atoms with E-state index >= 15 is 0 Å². The van der Waals surface area contributed by atoms with Crippen molar-refractivity contribution in [2.45, 2.75) is 44.6 Å². The second-order valence-corrected chi connectivity index (χ2v) is 7.86. The molecule has 0 saturated heterocycles. The van der Waals surface area contributed by atoms with Gasteiger partial charge in [0.05, 0.1) is 11.3 Å². The van der Waals surface area contributed by atoms with Crippen molar-refractivity contribution in [3.05, 3.63) is 40.9 Å². The first-order valence-corrected chi connectivity index (χ1v) is 9.37. The van der Waals surface area contributed by atoms with Crippen LogP contribution in [0.5, 0.6) is 0 Å². The second-order valence-electron chi connectivity index (χ2n) is 6.09. The molecule has 0 saturated carbocycles. The first-order chi connectivity index (χ1) is 10.5. The highest BCUT2D eigenvalue weighted by Gasteiger charge is 2.39. The van der Waals surface area contributed by atoms with Crippen molar-refractivity contribution in [2.75, 3.05) is 0 Å². The standard InChI is InChI=1S/C16H20NO3PS/c1-16(2,20-21(18)19)12-9-6-10-13-14(12)17-15(22-13)11-7-4-3-5-8-11/h3-5,7-8,12,18-19H,6,9-10H2,1-2H3/t12-/m1/s1. The molecule has 0 unspecified atom stereocenters. The summed E-state index contributed by atoms with van der Waals surface area (Å²) in [4.78, 5) is 24.6. The van der Waals surface area contributed by atoms with Gasteiger partial charge in [-0.25, -0.2) is 4.98 Å². The molecule has 118 valence electrons. The summed E-state index contributed by atoms with van der Waals surface area (Å²) in [5.74, 6) is 0.0919. The molecule has 0 amide bonds. The van der Waals surface area contributed by atoms with Crippen LogP contribution in [-0.4, -0.2) is 20.4 Å². The molecule has 1 atom stereocenters. The Balaban J connectivity index is 1.95. The van der Waals surface area contributed by atoms with Crippen LogP contribution in [0.3, 0.4) is 0 Å². The molecule has 2 N–H and O–H groups in total. The van der Waals surface area contributed by atoms with Crippen LogP contribution in [0.2, 0.25) is 0 Å². The van der Waals surface area contributed by atoms with E-state index in [1.807, 2.05) is 32.0 Å². The molecule has 1 aromatic carbocycles. The lowest BCUT2D eigenvalue weighted by atomic mass is 9.80. The van der Waals surface area contributed by atoms with Gasteiger partial charge in [-0.2, -0.15) is 0 Å². The van der Waals surface area contributed by atoms with Gasteiger partial charge in [0.25, 0.3) is 0 Å². The quantitative estimate of drug-likeness (QED) is 0.819. The van der Waals surface area contributed by atoms with E-state index in [2.05, 4.69) is 12.1 Å². The zero-order valence-corrected chi connectivity index (χ0v) is 14.4. The van der Waals surface area contributed by atoms with Gasteiger partial charge in [0, 0.05) is 16.4 Å². The van der Waals surface area contributed by atoms with E-state index in [1.54, 1.807) is 11.3 Å². The van der Waals surface area contributed by atoms with E-state index in [-0.39, 0.29) is 5.92 Å². The average Bonchev–Trinajstić information content (AvgIpc) is 2.90. The lowest BCUT2D eigenvalue weighted by Crippen LogP contribution is -2.33. The highest BCUT2D eigenvalue weighted by atomic mass is 32.1. The van der Waals surface area contributed by atoms with Crippen LogP contribution in [0.1, 0.15) is 43.2 Å². The number of fused-ring (bicyclic) bond motifs is 1. The summed E-state index contributed by atoms with van der Waals surface area (Å²) in [7, 11) is -2.36. The number of benzene rings is 1. The van der Waals surface area contributed by atoms with Crippen LogP contribution >= 0.6 is 19.9 Å². The maximum atomic E-state index is 9.23. The van der Waals surface area contributed by atoms with E-state index < -0.39 is 14.2 Å². The monoisotopic (exact) mass is 337 g/mol. The summed E-state index contributed by atoms with van der Waals surface area (Å²) < 4.78 is 5.39. The molecule has 0 fully saturated rings. The van der Waals surface area contributed by atoms with Crippen molar-refractivity contribution < 1.29 is 14.3 Å². The minimum Gasteiger partial charge on any atom is -0.328 e. The molecule has 0 aliphatic heterocycles. The minimum atomic E-state index is -2.36. The maximum Gasteiger partial charge on any atom is 0.327 e. The fraction of sp³-hybridized carbons (Fsp3) is 0.438. The number of nitrogens with zero attached hydrogens (tertiary/aromatic N) is 1. The molecule has 0 bridgehead atoms. The third kappa shape index (κ3) is 3.24. The lowest BCUT2D eigenvalue weighted by molar-refractivity contribution is 0.0552. The second kappa shape index (κ2) is 6.34. The van der Waals surface area contributed by atoms with Crippen LogP contribution in [0.25, 0.3) is 10.6 Å². The molecule has 0 spiro atoms. The van der Waals surface area contributed by atoms with Crippen LogP contribution in [0.4, 0.5) is 0 Å². The van der Waals surface area contributed by atoms with Crippen LogP contribution in [0.15, 0.2) is 30.3 Å². The third-order valence-electron chi connectivity index (χ3n) is 4.13. The summed E-state index contributed by atoms with van der Waals surface area (Å²) in [6.45, 7) is 3.83. The Morgan fingerprint density at radius 1 is 1.27 bits per heavy atom. The number of hydrogen-bond donors (Lipinski definition) is 2. The molecule has 4 nitrogen and oxygen atoms in total. The Hall–Kier alpha value is -0.840. The Kier molecular flexibility index (Phi) is 4.62. The number of rotatable bonds is 4. The lowest BCUT2D eigenvalue weighted by Gasteiger charge is -2.35. The first kappa shape index (κ1) is 16.0. The SMILES string of the molecule is CC(C)(OP(O)O)[C@@H]1CCCc2sc(-c3ccccc3)nc21. The van der Waals surface area contributed by atoms with E-state index in [0.717, 1.165) is 35.5 Å². The van der Waals surface area contributed by atoms with Crippen molar-refractivity contribution >= 4 is 19.9 Å². The van der Waals surface area contributed by atoms with Gasteiger partial charge in [0.2, 0.25) is 0 Å². The van der Waals surface area contributed by atoms with Gasteiger partial charge < -0.3 is 14.3 Å². The van der Waals surface area contributed by atoms with Crippen LogP contribution in [-0.2, 0) is 10.9 Å². The van der Waals surface area contributed by atoms with Crippen molar-refractivity contribution in [1.82, 2.24) is 4.98 Å². The maximum absolute atomic E-state index is 9.23. The van der Waals surface area contributed by atoms with Gasteiger partial charge in [-0.05, 0) is 33.1 Å². The van der Waals surface area contributed by atoms with Gasteiger partial charge in [0.1, 0.15) is 5.01 Å². The van der Waals surface area contributed by atoms with E-state index in [0.29, 0.717) is 0 Å². The molecule has 22 heavy (non-hydrogen) atoms. The smallest absolute Gasteiger partial charge is 0.327 e. The molecule has 1 aromatic heterocycles. The first-order valence-electron chi connectivity index (χ1n) is 7.39. The molecule has 1 heterocycles. The predicted octanol–water partition coefficient (Wildman–Crippen LogP) is 4.24. The molecule has 2 aromatic rings. The highest BCUT2D eigenvalue weighted by molar-refractivity contribution is 7.39. The minimum absolute atomic E-state index is 0.0919. The zero-order chi connectivity index (χ0) is 15.7. The van der Waals surface area contributed by atoms with Crippen LogP contribution in [0, 0.1) is 0 Å².